The molecule has 0 bridgehead atoms. The molecule has 1 aliphatic heterocycles. The molecule has 1 aromatic heterocycles. The minimum Gasteiger partial charge on any atom is -0.367 e. The predicted octanol–water partition coefficient (Wildman–Crippen LogP) is 3.72. The van der Waals surface area contributed by atoms with Crippen LogP contribution in [0.15, 0.2) is 79.1 Å². The third kappa shape index (κ3) is 4.23. The molecular weight excluding hydrogens is 378 g/mol. The van der Waals surface area contributed by atoms with Crippen LogP contribution in [0.3, 0.4) is 0 Å². The zero-order valence-electron chi connectivity index (χ0n) is 16.7. The molecule has 0 radical (unpaired) electrons. The van der Waals surface area contributed by atoms with Gasteiger partial charge in [0.15, 0.2) is 0 Å². The smallest absolute Gasteiger partial charge is 0.255 e. The lowest BCUT2D eigenvalue weighted by Crippen LogP contribution is -2.50. The number of anilines is 1. The van der Waals surface area contributed by atoms with Crippen molar-refractivity contribution in [2.24, 2.45) is 0 Å². The average molecular weight is 401 g/mol. The van der Waals surface area contributed by atoms with Crippen LogP contribution >= 0.6 is 0 Å². The first-order valence-corrected chi connectivity index (χ1v) is 9.85. The molecule has 3 aromatic rings. The molecule has 4 rings (SSSR count). The molecule has 6 nitrogen and oxygen atoms in total. The van der Waals surface area contributed by atoms with Crippen LogP contribution in [-0.4, -0.2) is 41.4 Å². The van der Waals surface area contributed by atoms with Crippen molar-refractivity contribution >= 4 is 17.5 Å². The summed E-state index contributed by atoms with van der Waals surface area (Å²) in [5.74, 6) is -0.268. The number of morpholine rings is 1. The van der Waals surface area contributed by atoms with Gasteiger partial charge in [0, 0.05) is 35.8 Å². The Kier molecular flexibility index (Phi) is 5.59. The largest absolute Gasteiger partial charge is 0.367 e. The predicted molar refractivity (Wildman–Crippen MR) is 114 cm³/mol. The molecule has 1 N–H and O–H groups in total. The van der Waals surface area contributed by atoms with Crippen LogP contribution in [0.4, 0.5) is 5.69 Å². The van der Waals surface area contributed by atoms with E-state index in [0.29, 0.717) is 36.5 Å². The molecule has 1 fully saturated rings. The van der Waals surface area contributed by atoms with Crippen molar-refractivity contribution in [2.75, 3.05) is 25.0 Å². The number of hydrogen-bond acceptors (Lipinski definition) is 4. The van der Waals surface area contributed by atoms with Crippen molar-refractivity contribution in [1.82, 2.24) is 9.88 Å². The van der Waals surface area contributed by atoms with Crippen LogP contribution in [0.25, 0.3) is 0 Å². The van der Waals surface area contributed by atoms with Crippen LogP contribution in [0.1, 0.15) is 33.2 Å². The molecule has 1 saturated heterocycles. The van der Waals surface area contributed by atoms with Crippen LogP contribution < -0.4 is 5.32 Å². The SMILES string of the molecule is CC1(c2ccccc2)CN(C(=O)c2ccc(NC(=O)c3ccncc3)cc2)CCO1. The topological polar surface area (TPSA) is 71.5 Å². The van der Waals surface area contributed by atoms with Gasteiger partial charge in [0.25, 0.3) is 11.8 Å². The molecule has 1 unspecified atom stereocenters. The Balaban J connectivity index is 1.44. The lowest BCUT2D eigenvalue weighted by Gasteiger charge is -2.41. The number of hydrogen-bond donors (Lipinski definition) is 1. The first kappa shape index (κ1) is 19.8. The van der Waals surface area contributed by atoms with Gasteiger partial charge in [-0.3, -0.25) is 14.6 Å². The third-order valence-electron chi connectivity index (χ3n) is 5.28. The van der Waals surface area contributed by atoms with E-state index in [0.717, 1.165) is 5.56 Å². The number of amides is 2. The molecule has 2 aromatic carbocycles. The first-order valence-electron chi connectivity index (χ1n) is 9.85. The molecule has 1 atom stereocenters. The third-order valence-corrected chi connectivity index (χ3v) is 5.28. The number of nitrogens with zero attached hydrogens (tertiary/aromatic N) is 2. The highest BCUT2D eigenvalue weighted by Gasteiger charge is 2.35. The Bertz CT molecular complexity index is 1020. The van der Waals surface area contributed by atoms with Crippen LogP contribution in [0.5, 0.6) is 0 Å². The molecule has 2 heterocycles. The molecule has 152 valence electrons. The van der Waals surface area contributed by atoms with E-state index in [-0.39, 0.29) is 11.8 Å². The van der Waals surface area contributed by atoms with Gasteiger partial charge in [-0.05, 0) is 48.9 Å². The van der Waals surface area contributed by atoms with Crippen molar-refractivity contribution < 1.29 is 14.3 Å². The summed E-state index contributed by atoms with van der Waals surface area (Å²) < 4.78 is 6.03. The zero-order valence-corrected chi connectivity index (χ0v) is 16.7. The number of carbonyl (C=O) groups excluding carboxylic acids is 2. The summed E-state index contributed by atoms with van der Waals surface area (Å²) in [6, 6.07) is 20.2. The van der Waals surface area contributed by atoms with Crippen molar-refractivity contribution in [3.63, 3.8) is 0 Å². The van der Waals surface area contributed by atoms with Gasteiger partial charge in [0.05, 0.1) is 13.2 Å². The second-order valence-electron chi connectivity index (χ2n) is 7.44. The van der Waals surface area contributed by atoms with Gasteiger partial charge in [-0.15, -0.1) is 0 Å². The van der Waals surface area contributed by atoms with Gasteiger partial charge in [-0.25, -0.2) is 0 Å². The molecule has 0 spiro atoms. The maximum absolute atomic E-state index is 13.0. The van der Waals surface area contributed by atoms with Crippen LogP contribution in [0.2, 0.25) is 0 Å². The van der Waals surface area contributed by atoms with Gasteiger partial charge in [-0.1, -0.05) is 30.3 Å². The molecule has 0 aliphatic carbocycles. The van der Waals surface area contributed by atoms with Crippen molar-refractivity contribution in [3.8, 4) is 0 Å². The average Bonchev–Trinajstić information content (AvgIpc) is 2.80. The number of pyridine rings is 1. The maximum atomic E-state index is 13.0. The Labute approximate surface area is 175 Å². The van der Waals surface area contributed by atoms with Gasteiger partial charge in [0.2, 0.25) is 0 Å². The number of carbonyl (C=O) groups is 2. The lowest BCUT2D eigenvalue weighted by molar-refractivity contribution is -0.0930. The summed E-state index contributed by atoms with van der Waals surface area (Å²) in [6.45, 7) is 3.52. The fourth-order valence-corrected chi connectivity index (χ4v) is 3.59. The Morgan fingerprint density at radius 2 is 1.67 bits per heavy atom. The minimum absolute atomic E-state index is 0.0486. The number of nitrogens with one attached hydrogen (secondary N) is 1. The van der Waals surface area contributed by atoms with Gasteiger partial charge < -0.3 is 15.0 Å². The monoisotopic (exact) mass is 401 g/mol. The van der Waals surface area contributed by atoms with Crippen molar-refractivity contribution in [2.45, 2.75) is 12.5 Å². The normalized spacial score (nSPS) is 18.6. The zero-order chi connectivity index (χ0) is 21.0. The van der Waals surface area contributed by atoms with E-state index in [4.69, 9.17) is 4.74 Å². The molecule has 30 heavy (non-hydrogen) atoms. The van der Waals surface area contributed by atoms with E-state index in [2.05, 4.69) is 10.3 Å². The number of ether oxygens (including phenoxy) is 1. The minimum atomic E-state index is -0.534. The van der Waals surface area contributed by atoms with E-state index in [1.807, 2.05) is 42.2 Å². The summed E-state index contributed by atoms with van der Waals surface area (Å²) in [6.07, 6.45) is 3.14. The highest BCUT2D eigenvalue weighted by atomic mass is 16.5. The van der Waals surface area contributed by atoms with E-state index >= 15 is 0 Å². The highest BCUT2D eigenvalue weighted by Crippen LogP contribution is 2.30. The molecule has 0 saturated carbocycles. The van der Waals surface area contributed by atoms with Crippen LogP contribution in [-0.2, 0) is 10.3 Å². The second-order valence-corrected chi connectivity index (χ2v) is 7.44. The summed E-state index contributed by atoms with van der Waals surface area (Å²) in [5, 5.41) is 2.83. The summed E-state index contributed by atoms with van der Waals surface area (Å²) >= 11 is 0. The fraction of sp³-hybridized carbons (Fsp3) is 0.208. The van der Waals surface area contributed by atoms with Crippen molar-refractivity contribution in [3.05, 3.63) is 95.8 Å². The van der Waals surface area contributed by atoms with Crippen LogP contribution in [0, 0.1) is 0 Å². The second kappa shape index (κ2) is 8.47. The van der Waals surface area contributed by atoms with E-state index in [9.17, 15) is 9.59 Å². The summed E-state index contributed by atoms with van der Waals surface area (Å²) in [4.78, 5) is 31.0. The summed E-state index contributed by atoms with van der Waals surface area (Å²) in [5.41, 5.74) is 2.25. The molecule has 6 heteroatoms. The maximum Gasteiger partial charge on any atom is 0.255 e. The standard InChI is InChI=1S/C24H23N3O3/c1-24(20-5-3-2-4-6-20)17-27(15-16-30-24)23(29)19-7-9-21(10-8-19)26-22(28)18-11-13-25-14-12-18/h2-14H,15-17H2,1H3,(H,26,28). The Morgan fingerprint density at radius 3 is 2.37 bits per heavy atom. The number of aromatic nitrogens is 1. The van der Waals surface area contributed by atoms with E-state index < -0.39 is 5.60 Å². The molecule has 1 aliphatic rings. The first-order chi connectivity index (χ1) is 14.5. The van der Waals surface area contributed by atoms with Gasteiger partial charge in [0.1, 0.15) is 5.60 Å². The van der Waals surface area contributed by atoms with Crippen molar-refractivity contribution in [1.29, 1.82) is 0 Å². The number of benzene rings is 2. The number of rotatable bonds is 4. The van der Waals surface area contributed by atoms with Gasteiger partial charge in [-0.2, -0.15) is 0 Å². The lowest BCUT2D eigenvalue weighted by atomic mass is 9.93. The highest BCUT2D eigenvalue weighted by molar-refractivity contribution is 6.04. The van der Waals surface area contributed by atoms with E-state index in [1.54, 1.807) is 48.8 Å². The summed E-state index contributed by atoms with van der Waals surface area (Å²) in [7, 11) is 0. The quantitative estimate of drug-likeness (QED) is 0.723. The Morgan fingerprint density at radius 1 is 0.967 bits per heavy atom. The molecule has 2 amide bonds. The van der Waals surface area contributed by atoms with E-state index in [1.165, 1.54) is 0 Å². The van der Waals surface area contributed by atoms with Gasteiger partial charge >= 0.3 is 0 Å². The Hall–Kier alpha value is -3.51. The molecular formula is C24H23N3O3. The fourth-order valence-electron chi connectivity index (χ4n) is 3.59.